The minimum atomic E-state index is -0.288. The summed E-state index contributed by atoms with van der Waals surface area (Å²) in [4.78, 5) is 11.3. The molecule has 0 aromatic carbocycles. The quantitative estimate of drug-likeness (QED) is 0.680. The molecule has 0 fully saturated rings. The summed E-state index contributed by atoms with van der Waals surface area (Å²) in [5, 5.41) is 6.73. The van der Waals surface area contributed by atoms with Gasteiger partial charge < -0.3 is 4.74 Å². The summed E-state index contributed by atoms with van der Waals surface area (Å²) in [6.07, 6.45) is 7.90. The largest absolute Gasteiger partial charge is 0.466 e. The van der Waals surface area contributed by atoms with Gasteiger partial charge in [-0.15, -0.1) is 0 Å². The number of allylic oxidation sites excluding steroid dienone is 1. The maximum Gasteiger partial charge on any atom is 0.334 e. The first-order chi connectivity index (χ1) is 6.81. The van der Waals surface area contributed by atoms with Crippen LogP contribution in [0.5, 0.6) is 0 Å². The van der Waals surface area contributed by atoms with Crippen LogP contribution in [-0.4, -0.2) is 23.3 Å². The topological polar surface area (TPSA) is 55.0 Å². The van der Waals surface area contributed by atoms with E-state index in [-0.39, 0.29) is 5.97 Å². The van der Waals surface area contributed by atoms with Gasteiger partial charge in [0, 0.05) is 11.1 Å². The van der Waals surface area contributed by atoms with Crippen LogP contribution in [0.15, 0.2) is 17.8 Å². The summed E-state index contributed by atoms with van der Waals surface area (Å²) < 4.78 is 4.67. The molecule has 0 bridgehead atoms. The molecule has 1 aliphatic rings. The number of esters is 1. The van der Waals surface area contributed by atoms with Crippen molar-refractivity contribution < 1.29 is 9.53 Å². The van der Waals surface area contributed by atoms with Crippen LogP contribution in [0.3, 0.4) is 0 Å². The van der Waals surface area contributed by atoms with Gasteiger partial charge in [-0.25, -0.2) is 4.79 Å². The van der Waals surface area contributed by atoms with Crippen LogP contribution < -0.4 is 0 Å². The molecule has 14 heavy (non-hydrogen) atoms. The van der Waals surface area contributed by atoms with E-state index in [4.69, 9.17) is 0 Å². The Morgan fingerprint density at radius 3 is 3.29 bits per heavy atom. The number of carbonyl (C=O) groups excluding carboxylic acids is 1. The van der Waals surface area contributed by atoms with E-state index in [0.717, 1.165) is 11.3 Å². The first-order valence-corrected chi connectivity index (χ1v) is 4.30. The van der Waals surface area contributed by atoms with Crippen molar-refractivity contribution in [1.29, 1.82) is 0 Å². The van der Waals surface area contributed by atoms with Crippen molar-refractivity contribution in [3.63, 3.8) is 0 Å². The van der Waals surface area contributed by atoms with Crippen molar-refractivity contribution in [3.05, 3.63) is 29.1 Å². The van der Waals surface area contributed by atoms with Gasteiger partial charge >= 0.3 is 5.97 Å². The minimum Gasteiger partial charge on any atom is -0.466 e. The average Bonchev–Trinajstić information content (AvgIpc) is 2.54. The summed E-state index contributed by atoms with van der Waals surface area (Å²) in [7, 11) is 1.38. The number of H-pyrrole nitrogens is 1. The van der Waals surface area contributed by atoms with Crippen molar-refractivity contribution >= 4 is 18.1 Å². The van der Waals surface area contributed by atoms with E-state index >= 15 is 0 Å². The Morgan fingerprint density at radius 2 is 2.50 bits per heavy atom. The number of fused-ring (bicyclic) bond motifs is 1. The molecule has 2 rings (SSSR count). The van der Waals surface area contributed by atoms with E-state index in [1.165, 1.54) is 7.11 Å². The normalized spacial score (nSPS) is 14.2. The van der Waals surface area contributed by atoms with E-state index in [1.54, 1.807) is 12.3 Å². The molecule has 0 spiro atoms. The molecule has 0 atom stereocenters. The van der Waals surface area contributed by atoms with Gasteiger partial charge in [0.05, 0.1) is 19.0 Å². The highest BCUT2D eigenvalue weighted by Crippen LogP contribution is 2.19. The second kappa shape index (κ2) is 3.49. The van der Waals surface area contributed by atoms with Crippen molar-refractivity contribution in [2.75, 3.05) is 7.11 Å². The third kappa shape index (κ3) is 1.46. The zero-order chi connectivity index (χ0) is 9.97. The Kier molecular flexibility index (Phi) is 2.18. The van der Waals surface area contributed by atoms with Gasteiger partial charge in [-0.05, 0) is 18.6 Å². The lowest BCUT2D eigenvalue weighted by molar-refractivity contribution is -0.136. The molecule has 0 unspecified atom stereocenters. The number of nitrogens with zero attached hydrogens (tertiary/aromatic N) is 1. The summed E-state index contributed by atoms with van der Waals surface area (Å²) in [6, 6.07) is 0. The number of carbonyl (C=O) groups is 1. The number of hydrogen-bond donors (Lipinski definition) is 1. The first kappa shape index (κ1) is 8.74. The van der Waals surface area contributed by atoms with Crippen LogP contribution in [-0.2, 0) is 9.53 Å². The maximum absolute atomic E-state index is 11.3. The fourth-order valence-corrected chi connectivity index (χ4v) is 1.38. The number of nitrogens with one attached hydrogen (secondary N) is 1. The lowest BCUT2D eigenvalue weighted by atomic mass is 10.1. The maximum atomic E-state index is 11.3. The molecule has 72 valence electrons. The summed E-state index contributed by atoms with van der Waals surface area (Å²) in [6.45, 7) is 0. The molecule has 0 saturated carbocycles. The zero-order valence-electron chi connectivity index (χ0n) is 7.78. The van der Waals surface area contributed by atoms with Gasteiger partial charge in [-0.1, -0.05) is 6.08 Å². The molecule has 4 heteroatoms. The van der Waals surface area contributed by atoms with Gasteiger partial charge in [0.2, 0.25) is 0 Å². The van der Waals surface area contributed by atoms with Crippen molar-refractivity contribution in [1.82, 2.24) is 10.2 Å². The zero-order valence-corrected chi connectivity index (χ0v) is 7.78. The number of ether oxygens (including phenoxy) is 1. The van der Waals surface area contributed by atoms with Crippen LogP contribution in [0.1, 0.15) is 17.7 Å². The lowest BCUT2D eigenvalue weighted by Crippen LogP contribution is -2.03. The van der Waals surface area contributed by atoms with Crippen LogP contribution in [0.4, 0.5) is 0 Å². The Bertz CT molecular complexity index is 416. The Balaban J connectivity index is 2.40. The van der Waals surface area contributed by atoms with Gasteiger partial charge in [0.1, 0.15) is 0 Å². The Hall–Kier alpha value is -1.84. The highest BCUT2D eigenvalue weighted by molar-refractivity contribution is 5.95. The molecule has 1 heterocycles. The predicted molar refractivity (Wildman–Crippen MR) is 52.2 cm³/mol. The van der Waals surface area contributed by atoms with Crippen LogP contribution >= 0.6 is 0 Å². The van der Waals surface area contributed by atoms with Crippen LogP contribution in [0, 0.1) is 0 Å². The third-order valence-corrected chi connectivity index (χ3v) is 2.10. The fraction of sp³-hybridized carbons (Fsp3) is 0.200. The summed E-state index contributed by atoms with van der Waals surface area (Å²) in [5.74, 6) is -0.288. The van der Waals surface area contributed by atoms with E-state index in [0.29, 0.717) is 12.0 Å². The highest BCUT2D eigenvalue weighted by atomic mass is 16.5. The van der Waals surface area contributed by atoms with Gasteiger partial charge in [-0.2, -0.15) is 5.10 Å². The lowest BCUT2D eigenvalue weighted by Gasteiger charge is -1.99. The molecule has 1 aromatic heterocycles. The Labute approximate surface area is 81.3 Å². The molecule has 0 aliphatic heterocycles. The monoisotopic (exact) mass is 190 g/mol. The third-order valence-electron chi connectivity index (χ3n) is 2.10. The fourth-order valence-electron chi connectivity index (χ4n) is 1.38. The summed E-state index contributed by atoms with van der Waals surface area (Å²) >= 11 is 0. The van der Waals surface area contributed by atoms with E-state index < -0.39 is 0 Å². The predicted octanol–water partition coefficient (Wildman–Crippen LogP) is 1.38. The smallest absolute Gasteiger partial charge is 0.334 e. The van der Waals surface area contributed by atoms with Gasteiger partial charge in [0.25, 0.3) is 0 Å². The van der Waals surface area contributed by atoms with E-state index in [9.17, 15) is 4.79 Å². The molecule has 0 saturated heterocycles. The molecular formula is C10H10N2O2. The van der Waals surface area contributed by atoms with Crippen LogP contribution in [0.25, 0.3) is 12.2 Å². The van der Waals surface area contributed by atoms with Crippen LogP contribution in [0.2, 0.25) is 0 Å². The number of aromatic amines is 1. The highest BCUT2D eigenvalue weighted by Gasteiger charge is 2.12. The molecule has 4 nitrogen and oxygen atoms in total. The minimum absolute atomic E-state index is 0.288. The second-order valence-electron chi connectivity index (χ2n) is 3.01. The standard InChI is InChI=1S/C10H10N2O2/c1-14-10(13)7-3-2-4-9-8(5-7)6-11-12-9/h2,4-6H,3H2,1H3,(H,11,12). The average molecular weight is 190 g/mol. The van der Waals surface area contributed by atoms with Crippen molar-refractivity contribution in [2.45, 2.75) is 6.42 Å². The van der Waals surface area contributed by atoms with Gasteiger partial charge in [-0.3, -0.25) is 5.10 Å². The molecule has 1 aliphatic carbocycles. The summed E-state index contributed by atoms with van der Waals surface area (Å²) in [5.41, 5.74) is 2.48. The molecule has 1 aromatic rings. The van der Waals surface area contributed by atoms with Crippen molar-refractivity contribution in [3.8, 4) is 0 Å². The van der Waals surface area contributed by atoms with Gasteiger partial charge in [0.15, 0.2) is 0 Å². The van der Waals surface area contributed by atoms with E-state index in [1.807, 2.05) is 12.2 Å². The molecule has 0 amide bonds. The molecule has 0 radical (unpaired) electrons. The SMILES string of the molecule is COC(=O)C1=Cc2cn[nH]c2C=CC1. The molecular weight excluding hydrogens is 180 g/mol. The van der Waals surface area contributed by atoms with E-state index in [2.05, 4.69) is 14.9 Å². The molecule has 1 N–H and O–H groups in total. The number of hydrogen-bond acceptors (Lipinski definition) is 3. The Morgan fingerprint density at radius 1 is 1.64 bits per heavy atom. The van der Waals surface area contributed by atoms with Crippen molar-refractivity contribution in [2.24, 2.45) is 0 Å². The number of methoxy groups -OCH3 is 1. The second-order valence-corrected chi connectivity index (χ2v) is 3.01. The number of rotatable bonds is 1. The first-order valence-electron chi connectivity index (χ1n) is 4.30. The number of aromatic nitrogens is 2.